The standard InChI is InChI=1S/C15H22ClN3O2/c1-4-6-12-8-11(9-13(16)18-12)15(21)19(7-5-2)10-14(20)17-3/h8-9H,4-7,10H2,1-3H3,(H,17,20). The first-order chi connectivity index (χ1) is 10.0. The van der Waals surface area contributed by atoms with Crippen molar-refractivity contribution in [1.82, 2.24) is 15.2 Å². The van der Waals surface area contributed by atoms with Crippen LogP contribution in [0.1, 0.15) is 42.7 Å². The third kappa shape index (κ3) is 5.34. The van der Waals surface area contributed by atoms with Gasteiger partial charge in [-0.2, -0.15) is 0 Å². The van der Waals surface area contributed by atoms with Gasteiger partial charge < -0.3 is 10.2 Å². The van der Waals surface area contributed by atoms with Gasteiger partial charge in [0.1, 0.15) is 5.15 Å². The van der Waals surface area contributed by atoms with E-state index in [0.717, 1.165) is 25.0 Å². The largest absolute Gasteiger partial charge is 0.358 e. The zero-order chi connectivity index (χ0) is 15.8. The highest BCUT2D eigenvalue weighted by molar-refractivity contribution is 6.29. The van der Waals surface area contributed by atoms with Crippen molar-refractivity contribution in [3.8, 4) is 0 Å². The van der Waals surface area contributed by atoms with Crippen LogP contribution >= 0.6 is 11.6 Å². The lowest BCUT2D eigenvalue weighted by Crippen LogP contribution is -2.40. The number of carbonyl (C=O) groups is 2. The number of halogens is 1. The van der Waals surface area contributed by atoms with Crippen molar-refractivity contribution in [2.45, 2.75) is 33.1 Å². The first-order valence-electron chi connectivity index (χ1n) is 7.18. The van der Waals surface area contributed by atoms with E-state index < -0.39 is 0 Å². The second-order valence-corrected chi connectivity index (χ2v) is 5.21. The fourth-order valence-corrected chi connectivity index (χ4v) is 2.24. The van der Waals surface area contributed by atoms with Crippen molar-refractivity contribution < 1.29 is 9.59 Å². The summed E-state index contributed by atoms with van der Waals surface area (Å²) in [4.78, 5) is 29.8. The second kappa shape index (κ2) is 8.62. The van der Waals surface area contributed by atoms with Gasteiger partial charge in [0.25, 0.3) is 5.91 Å². The van der Waals surface area contributed by atoms with Crippen LogP contribution in [-0.4, -0.2) is 41.8 Å². The molecule has 0 aliphatic rings. The first-order valence-corrected chi connectivity index (χ1v) is 7.55. The van der Waals surface area contributed by atoms with Crippen LogP contribution in [0.25, 0.3) is 0 Å². The van der Waals surface area contributed by atoms with Gasteiger partial charge in [-0.15, -0.1) is 0 Å². The van der Waals surface area contributed by atoms with Crippen molar-refractivity contribution in [1.29, 1.82) is 0 Å². The number of amides is 2. The van der Waals surface area contributed by atoms with Gasteiger partial charge in [-0.05, 0) is 25.0 Å². The summed E-state index contributed by atoms with van der Waals surface area (Å²) in [6.07, 6.45) is 2.48. The Kier molecular flexibility index (Phi) is 7.15. The third-order valence-corrected chi connectivity index (χ3v) is 3.19. The summed E-state index contributed by atoms with van der Waals surface area (Å²) < 4.78 is 0. The molecular formula is C15H22ClN3O2. The normalized spacial score (nSPS) is 10.3. The predicted molar refractivity (Wildman–Crippen MR) is 83.5 cm³/mol. The minimum Gasteiger partial charge on any atom is -0.358 e. The zero-order valence-corrected chi connectivity index (χ0v) is 13.5. The molecule has 6 heteroatoms. The summed E-state index contributed by atoms with van der Waals surface area (Å²) in [5.41, 5.74) is 1.28. The van der Waals surface area contributed by atoms with E-state index in [1.807, 2.05) is 13.8 Å². The highest BCUT2D eigenvalue weighted by Crippen LogP contribution is 2.14. The van der Waals surface area contributed by atoms with Gasteiger partial charge in [0.2, 0.25) is 5.91 Å². The van der Waals surface area contributed by atoms with Gasteiger partial charge in [0.05, 0.1) is 6.54 Å². The summed E-state index contributed by atoms with van der Waals surface area (Å²) >= 11 is 5.98. The van der Waals surface area contributed by atoms with Gasteiger partial charge in [-0.25, -0.2) is 4.98 Å². The zero-order valence-electron chi connectivity index (χ0n) is 12.8. The van der Waals surface area contributed by atoms with Crippen LogP contribution in [0.3, 0.4) is 0 Å². The Balaban J connectivity index is 2.99. The lowest BCUT2D eigenvalue weighted by atomic mass is 10.1. The molecule has 0 saturated carbocycles. The Morgan fingerprint density at radius 2 is 2.00 bits per heavy atom. The van der Waals surface area contributed by atoms with E-state index in [1.165, 1.54) is 4.90 Å². The molecule has 0 bridgehead atoms. The van der Waals surface area contributed by atoms with E-state index in [9.17, 15) is 9.59 Å². The maximum Gasteiger partial charge on any atom is 0.254 e. The Hall–Kier alpha value is -1.62. The van der Waals surface area contributed by atoms with Crippen LogP contribution in [0, 0.1) is 0 Å². The van der Waals surface area contributed by atoms with E-state index in [0.29, 0.717) is 17.3 Å². The molecule has 1 heterocycles. The number of pyridine rings is 1. The highest BCUT2D eigenvalue weighted by atomic mass is 35.5. The third-order valence-electron chi connectivity index (χ3n) is 2.99. The molecule has 0 aliphatic heterocycles. The average Bonchev–Trinajstić information content (AvgIpc) is 2.45. The number of hydrogen-bond donors (Lipinski definition) is 1. The topological polar surface area (TPSA) is 62.3 Å². The molecule has 2 amide bonds. The summed E-state index contributed by atoms with van der Waals surface area (Å²) in [5, 5.41) is 2.84. The fourth-order valence-electron chi connectivity index (χ4n) is 2.02. The summed E-state index contributed by atoms with van der Waals surface area (Å²) in [6.45, 7) is 4.58. The SMILES string of the molecule is CCCc1cc(C(=O)N(CCC)CC(=O)NC)cc(Cl)n1. The van der Waals surface area contributed by atoms with E-state index in [-0.39, 0.29) is 18.4 Å². The molecular weight excluding hydrogens is 290 g/mol. The molecule has 1 aromatic rings. The minimum atomic E-state index is -0.192. The van der Waals surface area contributed by atoms with Crippen LogP contribution < -0.4 is 5.32 Å². The lowest BCUT2D eigenvalue weighted by Gasteiger charge is -2.21. The molecule has 116 valence electrons. The smallest absolute Gasteiger partial charge is 0.254 e. The molecule has 21 heavy (non-hydrogen) atoms. The fraction of sp³-hybridized carbons (Fsp3) is 0.533. The van der Waals surface area contributed by atoms with Crippen molar-refractivity contribution in [3.05, 3.63) is 28.5 Å². The summed E-state index contributed by atoms with van der Waals surface area (Å²) in [7, 11) is 1.56. The Labute approximate surface area is 130 Å². The maximum atomic E-state index is 12.6. The lowest BCUT2D eigenvalue weighted by molar-refractivity contribution is -0.121. The second-order valence-electron chi connectivity index (χ2n) is 4.82. The summed E-state index contributed by atoms with van der Waals surface area (Å²) in [5.74, 6) is -0.382. The minimum absolute atomic E-state index is 0.0478. The number of aryl methyl sites for hydroxylation is 1. The number of rotatable bonds is 7. The molecule has 0 aliphatic carbocycles. The van der Waals surface area contributed by atoms with Crippen molar-refractivity contribution in [2.75, 3.05) is 20.1 Å². The molecule has 1 aromatic heterocycles. The van der Waals surface area contributed by atoms with Gasteiger partial charge >= 0.3 is 0 Å². The number of nitrogens with zero attached hydrogens (tertiary/aromatic N) is 2. The van der Waals surface area contributed by atoms with E-state index in [4.69, 9.17) is 11.6 Å². The predicted octanol–water partition coefficient (Wildman–Crippen LogP) is 2.29. The molecule has 0 radical (unpaired) electrons. The highest BCUT2D eigenvalue weighted by Gasteiger charge is 2.19. The molecule has 1 rings (SSSR count). The van der Waals surface area contributed by atoms with E-state index in [1.54, 1.807) is 19.2 Å². The van der Waals surface area contributed by atoms with Crippen LogP contribution in [0.15, 0.2) is 12.1 Å². The Bertz CT molecular complexity index is 506. The Morgan fingerprint density at radius 3 is 2.57 bits per heavy atom. The van der Waals surface area contributed by atoms with Crippen LogP contribution in [0.4, 0.5) is 0 Å². The van der Waals surface area contributed by atoms with Crippen LogP contribution in [-0.2, 0) is 11.2 Å². The molecule has 0 fully saturated rings. The monoisotopic (exact) mass is 311 g/mol. The van der Waals surface area contributed by atoms with Gasteiger partial charge in [-0.1, -0.05) is 31.9 Å². The maximum absolute atomic E-state index is 12.6. The number of likely N-dealkylation sites (N-methyl/N-ethyl adjacent to an activating group) is 1. The van der Waals surface area contributed by atoms with E-state index in [2.05, 4.69) is 10.3 Å². The molecule has 0 unspecified atom stereocenters. The van der Waals surface area contributed by atoms with Crippen molar-refractivity contribution in [3.63, 3.8) is 0 Å². The first kappa shape index (κ1) is 17.4. The average molecular weight is 312 g/mol. The van der Waals surface area contributed by atoms with Crippen molar-refractivity contribution >= 4 is 23.4 Å². The van der Waals surface area contributed by atoms with Gasteiger partial charge in [0.15, 0.2) is 0 Å². The van der Waals surface area contributed by atoms with E-state index >= 15 is 0 Å². The molecule has 0 spiro atoms. The van der Waals surface area contributed by atoms with Gasteiger partial charge in [0, 0.05) is 24.8 Å². The van der Waals surface area contributed by atoms with Crippen molar-refractivity contribution in [2.24, 2.45) is 0 Å². The number of aromatic nitrogens is 1. The molecule has 5 nitrogen and oxygen atoms in total. The van der Waals surface area contributed by atoms with Crippen LogP contribution in [0.5, 0.6) is 0 Å². The quantitative estimate of drug-likeness (QED) is 0.786. The molecule has 0 atom stereocenters. The molecule has 0 aromatic carbocycles. The number of nitrogens with one attached hydrogen (secondary N) is 1. The number of carbonyl (C=O) groups excluding carboxylic acids is 2. The Morgan fingerprint density at radius 1 is 1.29 bits per heavy atom. The molecule has 1 N–H and O–H groups in total. The molecule has 0 saturated heterocycles. The number of hydrogen-bond acceptors (Lipinski definition) is 3. The van der Waals surface area contributed by atoms with Gasteiger partial charge in [-0.3, -0.25) is 9.59 Å². The summed E-state index contributed by atoms with van der Waals surface area (Å²) in [6, 6.07) is 3.31. The van der Waals surface area contributed by atoms with Crippen LogP contribution in [0.2, 0.25) is 5.15 Å².